The lowest BCUT2D eigenvalue weighted by Crippen LogP contribution is -2.42. The van der Waals surface area contributed by atoms with Crippen molar-refractivity contribution in [3.8, 4) is 17.2 Å². The van der Waals surface area contributed by atoms with Crippen molar-refractivity contribution in [1.82, 2.24) is 0 Å². The number of nitrogens with zero attached hydrogens (tertiary/aromatic N) is 1. The average Bonchev–Trinajstić information content (AvgIpc) is 3.46. The highest BCUT2D eigenvalue weighted by Gasteiger charge is 2.57. The van der Waals surface area contributed by atoms with E-state index in [9.17, 15) is 9.59 Å². The van der Waals surface area contributed by atoms with E-state index in [-0.39, 0.29) is 19.3 Å². The smallest absolute Gasteiger partial charge is 0.246 e. The second-order valence-corrected chi connectivity index (χ2v) is 7.66. The number of aldehydes is 1. The number of rotatable bonds is 3. The molecule has 0 saturated heterocycles. The Morgan fingerprint density at radius 1 is 0.900 bits per heavy atom. The molecule has 3 aromatic rings. The number of ether oxygens (including phenoxy) is 3. The maximum absolute atomic E-state index is 13.9. The third-order valence-corrected chi connectivity index (χ3v) is 6.10. The zero-order valence-corrected chi connectivity index (χ0v) is 16.0. The first-order chi connectivity index (χ1) is 14.7. The van der Waals surface area contributed by atoms with Gasteiger partial charge in [-0.25, -0.2) is 0 Å². The average molecular weight is 399 g/mol. The van der Waals surface area contributed by atoms with Gasteiger partial charge in [0.05, 0.1) is 6.54 Å². The molecule has 3 aromatic carbocycles. The summed E-state index contributed by atoms with van der Waals surface area (Å²) in [5.74, 6) is 1.89. The van der Waals surface area contributed by atoms with Crippen LogP contribution in [0.4, 0.5) is 5.69 Å². The number of hydrogen-bond donors (Lipinski definition) is 0. The summed E-state index contributed by atoms with van der Waals surface area (Å²) < 4.78 is 17.0. The van der Waals surface area contributed by atoms with Crippen molar-refractivity contribution in [1.29, 1.82) is 0 Å². The maximum atomic E-state index is 13.9. The number of carbonyl (C=O) groups excluding carboxylic acids is 2. The molecule has 148 valence electrons. The Labute approximate surface area is 172 Å². The van der Waals surface area contributed by atoms with E-state index in [1.165, 1.54) is 0 Å². The van der Waals surface area contributed by atoms with Crippen LogP contribution in [0.3, 0.4) is 0 Å². The summed E-state index contributed by atoms with van der Waals surface area (Å²) in [5.41, 5.74) is 3.26. The van der Waals surface area contributed by atoms with Crippen LogP contribution in [-0.4, -0.2) is 25.6 Å². The SMILES string of the molecule is O=Cc1ccc(CN2C(=O)C3(COc4cc5c(cc43)OCO5)c3ccccc32)cc1. The first-order valence-corrected chi connectivity index (χ1v) is 9.73. The van der Waals surface area contributed by atoms with E-state index in [1.54, 1.807) is 17.0 Å². The zero-order chi connectivity index (χ0) is 20.3. The summed E-state index contributed by atoms with van der Waals surface area (Å²) in [4.78, 5) is 26.6. The number of carbonyl (C=O) groups is 2. The third-order valence-electron chi connectivity index (χ3n) is 6.10. The molecular weight excluding hydrogens is 382 g/mol. The Balaban J connectivity index is 1.47. The van der Waals surface area contributed by atoms with Gasteiger partial charge in [0, 0.05) is 22.9 Å². The largest absolute Gasteiger partial charge is 0.491 e. The Bertz CT molecular complexity index is 1200. The molecule has 30 heavy (non-hydrogen) atoms. The van der Waals surface area contributed by atoms with E-state index in [4.69, 9.17) is 14.2 Å². The topological polar surface area (TPSA) is 65.1 Å². The number of hydrogen-bond acceptors (Lipinski definition) is 5. The summed E-state index contributed by atoms with van der Waals surface area (Å²) in [7, 11) is 0. The predicted molar refractivity (Wildman–Crippen MR) is 108 cm³/mol. The minimum Gasteiger partial charge on any atom is -0.491 e. The summed E-state index contributed by atoms with van der Waals surface area (Å²) in [5, 5.41) is 0. The van der Waals surface area contributed by atoms with E-state index < -0.39 is 5.41 Å². The van der Waals surface area contributed by atoms with Crippen molar-refractivity contribution < 1.29 is 23.8 Å². The normalized spacial score (nSPS) is 20.3. The highest BCUT2D eigenvalue weighted by atomic mass is 16.7. The van der Waals surface area contributed by atoms with Crippen molar-refractivity contribution in [2.75, 3.05) is 18.3 Å². The van der Waals surface area contributed by atoms with Crippen LogP contribution in [-0.2, 0) is 16.8 Å². The summed E-state index contributed by atoms with van der Waals surface area (Å²) in [6, 6.07) is 18.8. The molecule has 1 amide bonds. The molecule has 3 aliphatic heterocycles. The second-order valence-electron chi connectivity index (χ2n) is 7.66. The van der Waals surface area contributed by atoms with Crippen LogP contribution in [0.2, 0.25) is 0 Å². The van der Waals surface area contributed by atoms with Crippen LogP contribution in [0.25, 0.3) is 0 Å². The minimum absolute atomic E-state index is 0.0271. The Morgan fingerprint density at radius 3 is 2.47 bits per heavy atom. The summed E-state index contributed by atoms with van der Waals surface area (Å²) in [6.07, 6.45) is 0.812. The Kier molecular flexibility index (Phi) is 3.47. The summed E-state index contributed by atoms with van der Waals surface area (Å²) in [6.45, 7) is 0.816. The highest BCUT2D eigenvalue weighted by molar-refractivity contribution is 6.11. The first kappa shape index (κ1) is 17.1. The molecule has 0 bridgehead atoms. The van der Waals surface area contributed by atoms with Crippen LogP contribution >= 0.6 is 0 Å². The van der Waals surface area contributed by atoms with Crippen LogP contribution in [0, 0.1) is 0 Å². The molecule has 3 aliphatic rings. The van der Waals surface area contributed by atoms with Crippen molar-refractivity contribution in [3.05, 3.63) is 82.9 Å². The second kappa shape index (κ2) is 6.10. The van der Waals surface area contributed by atoms with Gasteiger partial charge < -0.3 is 19.1 Å². The Hall–Kier alpha value is -3.80. The van der Waals surface area contributed by atoms with Crippen LogP contribution in [0.5, 0.6) is 17.2 Å². The molecule has 6 heteroatoms. The van der Waals surface area contributed by atoms with Crippen molar-refractivity contribution in [2.45, 2.75) is 12.0 Å². The van der Waals surface area contributed by atoms with Gasteiger partial charge in [-0.05, 0) is 23.3 Å². The van der Waals surface area contributed by atoms with Crippen LogP contribution in [0.15, 0.2) is 60.7 Å². The van der Waals surface area contributed by atoms with Gasteiger partial charge in [0.1, 0.15) is 24.1 Å². The fraction of sp³-hybridized carbons (Fsp3) is 0.167. The lowest BCUT2D eigenvalue weighted by molar-refractivity contribution is -0.122. The van der Waals surface area contributed by atoms with E-state index in [0.29, 0.717) is 29.4 Å². The fourth-order valence-corrected chi connectivity index (χ4v) is 4.61. The van der Waals surface area contributed by atoms with Crippen molar-refractivity contribution >= 4 is 17.9 Å². The molecule has 1 atom stereocenters. The van der Waals surface area contributed by atoms with Gasteiger partial charge in [0.25, 0.3) is 0 Å². The molecular formula is C24H17NO5. The van der Waals surface area contributed by atoms with Gasteiger partial charge in [-0.1, -0.05) is 42.5 Å². The Morgan fingerprint density at radius 2 is 1.67 bits per heavy atom. The zero-order valence-electron chi connectivity index (χ0n) is 16.0. The number of anilines is 1. The summed E-state index contributed by atoms with van der Waals surface area (Å²) >= 11 is 0. The van der Waals surface area contributed by atoms with E-state index in [1.807, 2.05) is 48.5 Å². The van der Waals surface area contributed by atoms with Gasteiger partial charge in [-0.2, -0.15) is 0 Å². The number of para-hydroxylation sites is 1. The van der Waals surface area contributed by atoms with E-state index >= 15 is 0 Å². The molecule has 0 saturated carbocycles. The maximum Gasteiger partial charge on any atom is 0.246 e. The van der Waals surface area contributed by atoms with Gasteiger partial charge >= 0.3 is 0 Å². The van der Waals surface area contributed by atoms with Crippen molar-refractivity contribution in [2.24, 2.45) is 0 Å². The third kappa shape index (κ3) is 2.19. The number of amides is 1. The molecule has 1 spiro atoms. The number of fused-ring (bicyclic) bond motifs is 5. The van der Waals surface area contributed by atoms with Gasteiger partial charge in [0.15, 0.2) is 11.5 Å². The first-order valence-electron chi connectivity index (χ1n) is 9.73. The molecule has 6 nitrogen and oxygen atoms in total. The van der Waals surface area contributed by atoms with E-state index in [2.05, 4.69) is 0 Å². The molecule has 0 N–H and O–H groups in total. The van der Waals surface area contributed by atoms with Crippen LogP contribution < -0.4 is 19.1 Å². The number of benzene rings is 3. The molecule has 0 aromatic heterocycles. The van der Waals surface area contributed by atoms with Gasteiger partial charge in [-0.15, -0.1) is 0 Å². The fourth-order valence-electron chi connectivity index (χ4n) is 4.61. The standard InChI is InChI=1S/C24H17NO5/c26-12-16-7-5-15(6-8-16)11-25-19-4-2-1-3-17(19)24(23(25)27)13-28-20-10-22-21(9-18(20)24)29-14-30-22/h1-10,12H,11,13-14H2. The molecule has 0 radical (unpaired) electrons. The van der Waals surface area contributed by atoms with Crippen molar-refractivity contribution in [3.63, 3.8) is 0 Å². The molecule has 3 heterocycles. The minimum atomic E-state index is -0.907. The molecule has 1 unspecified atom stereocenters. The quantitative estimate of drug-likeness (QED) is 0.631. The molecule has 0 fully saturated rings. The lowest BCUT2D eigenvalue weighted by atomic mass is 9.77. The van der Waals surface area contributed by atoms with E-state index in [0.717, 1.165) is 28.7 Å². The lowest BCUT2D eigenvalue weighted by Gasteiger charge is -2.23. The highest BCUT2D eigenvalue weighted by Crippen LogP contribution is 2.55. The molecule has 6 rings (SSSR count). The van der Waals surface area contributed by atoms with Gasteiger partial charge in [-0.3, -0.25) is 9.59 Å². The van der Waals surface area contributed by atoms with Gasteiger partial charge in [0.2, 0.25) is 12.7 Å². The monoisotopic (exact) mass is 399 g/mol. The molecule has 0 aliphatic carbocycles. The van der Waals surface area contributed by atoms with Crippen LogP contribution in [0.1, 0.15) is 27.0 Å². The predicted octanol–water partition coefficient (Wildman–Crippen LogP) is 3.45.